The highest BCUT2D eigenvalue weighted by atomic mass is 16.5. The molecule has 0 atom stereocenters. The van der Waals surface area contributed by atoms with E-state index in [1.54, 1.807) is 0 Å². The average Bonchev–Trinajstić information content (AvgIpc) is 2.21. The van der Waals surface area contributed by atoms with E-state index in [4.69, 9.17) is 5.11 Å². The van der Waals surface area contributed by atoms with Crippen molar-refractivity contribution in [3.63, 3.8) is 0 Å². The molecule has 0 aromatic heterocycles. The summed E-state index contributed by atoms with van der Waals surface area (Å²) >= 11 is 0. The van der Waals surface area contributed by atoms with Crippen LogP contribution in [0, 0.1) is 0 Å². The molecule has 1 aromatic carbocycles. The van der Waals surface area contributed by atoms with Gasteiger partial charge in [-0.05, 0) is 17.5 Å². The van der Waals surface area contributed by atoms with Crippen LogP contribution < -0.4 is 0 Å². The maximum Gasteiger partial charge on any atom is 0.309 e. The quantitative estimate of drug-likeness (QED) is 0.725. The van der Waals surface area contributed by atoms with Crippen LogP contribution in [0.5, 0.6) is 0 Å². The number of carbonyl (C=O) groups is 1. The topological polar surface area (TPSA) is 46.5 Å². The first-order valence-corrected chi connectivity index (χ1v) is 4.52. The SMILES string of the molecule is COC(=O)Cc1ccccc1CCO. The second-order valence-corrected chi connectivity index (χ2v) is 3.00. The number of benzene rings is 1. The second kappa shape index (κ2) is 5.40. The molecule has 0 spiro atoms. The van der Waals surface area contributed by atoms with Gasteiger partial charge in [-0.2, -0.15) is 0 Å². The number of esters is 1. The number of hydrogen-bond acceptors (Lipinski definition) is 3. The molecule has 0 saturated carbocycles. The molecule has 3 heteroatoms. The first-order valence-electron chi connectivity index (χ1n) is 4.52. The molecule has 1 N–H and O–H groups in total. The molecular weight excluding hydrogens is 180 g/mol. The van der Waals surface area contributed by atoms with Crippen LogP contribution in [-0.2, 0) is 22.4 Å². The van der Waals surface area contributed by atoms with Gasteiger partial charge >= 0.3 is 5.97 Å². The van der Waals surface area contributed by atoms with E-state index in [9.17, 15) is 4.79 Å². The zero-order valence-electron chi connectivity index (χ0n) is 8.19. The van der Waals surface area contributed by atoms with Gasteiger partial charge in [-0.15, -0.1) is 0 Å². The maximum absolute atomic E-state index is 11.1. The molecule has 0 aliphatic heterocycles. The summed E-state index contributed by atoms with van der Waals surface area (Å²) in [5, 5.41) is 8.82. The summed E-state index contributed by atoms with van der Waals surface area (Å²) in [7, 11) is 1.37. The van der Waals surface area contributed by atoms with E-state index in [0.717, 1.165) is 11.1 Å². The Labute approximate surface area is 83.3 Å². The monoisotopic (exact) mass is 194 g/mol. The minimum atomic E-state index is -0.254. The Hall–Kier alpha value is -1.35. The highest BCUT2D eigenvalue weighted by molar-refractivity contribution is 5.72. The minimum Gasteiger partial charge on any atom is -0.469 e. The molecule has 1 aromatic rings. The summed E-state index contributed by atoms with van der Waals surface area (Å²) in [6, 6.07) is 7.56. The van der Waals surface area contributed by atoms with E-state index < -0.39 is 0 Å². The smallest absolute Gasteiger partial charge is 0.309 e. The van der Waals surface area contributed by atoms with Crippen LogP contribution in [0.15, 0.2) is 24.3 Å². The number of aliphatic hydroxyl groups excluding tert-OH is 1. The standard InChI is InChI=1S/C11H14O3/c1-14-11(13)8-10-5-3-2-4-9(10)6-7-12/h2-5,12H,6-8H2,1H3. The predicted octanol–water partition coefficient (Wildman–Crippen LogP) is 0.937. The molecule has 0 saturated heterocycles. The molecule has 14 heavy (non-hydrogen) atoms. The summed E-state index contributed by atoms with van der Waals surface area (Å²) in [6.07, 6.45) is 0.847. The molecule has 0 heterocycles. The van der Waals surface area contributed by atoms with E-state index in [-0.39, 0.29) is 19.0 Å². The summed E-state index contributed by atoms with van der Waals surface area (Å²) < 4.78 is 4.59. The zero-order valence-corrected chi connectivity index (χ0v) is 8.19. The molecule has 0 unspecified atom stereocenters. The van der Waals surface area contributed by atoms with Gasteiger partial charge in [0.15, 0.2) is 0 Å². The summed E-state index contributed by atoms with van der Waals surface area (Å²) in [6.45, 7) is 0.0954. The Morgan fingerprint density at radius 1 is 1.36 bits per heavy atom. The predicted molar refractivity (Wildman–Crippen MR) is 53.0 cm³/mol. The van der Waals surface area contributed by atoms with Gasteiger partial charge in [-0.25, -0.2) is 0 Å². The van der Waals surface area contributed by atoms with Crippen molar-refractivity contribution in [2.45, 2.75) is 12.8 Å². The van der Waals surface area contributed by atoms with E-state index >= 15 is 0 Å². The molecule has 1 rings (SSSR count). The van der Waals surface area contributed by atoms with Crippen molar-refractivity contribution in [2.24, 2.45) is 0 Å². The average molecular weight is 194 g/mol. The molecule has 0 amide bonds. The van der Waals surface area contributed by atoms with Crippen LogP contribution in [0.3, 0.4) is 0 Å². The fourth-order valence-electron chi connectivity index (χ4n) is 1.32. The maximum atomic E-state index is 11.1. The Kier molecular flexibility index (Phi) is 4.13. The molecule has 0 fully saturated rings. The van der Waals surface area contributed by atoms with Crippen LogP contribution >= 0.6 is 0 Å². The molecule has 0 aliphatic carbocycles. The van der Waals surface area contributed by atoms with Gasteiger partial charge in [0.1, 0.15) is 0 Å². The first kappa shape index (κ1) is 10.7. The lowest BCUT2D eigenvalue weighted by Gasteiger charge is -2.06. The largest absolute Gasteiger partial charge is 0.469 e. The Morgan fingerprint density at radius 3 is 2.57 bits per heavy atom. The lowest BCUT2D eigenvalue weighted by Crippen LogP contribution is -2.07. The van der Waals surface area contributed by atoms with E-state index in [1.165, 1.54) is 7.11 Å². The van der Waals surface area contributed by atoms with Gasteiger partial charge in [0, 0.05) is 6.61 Å². The van der Waals surface area contributed by atoms with E-state index in [2.05, 4.69) is 4.74 Å². The Bertz CT molecular complexity index is 307. The number of hydrogen-bond donors (Lipinski definition) is 1. The van der Waals surface area contributed by atoms with E-state index in [0.29, 0.717) is 6.42 Å². The third-order valence-corrected chi connectivity index (χ3v) is 2.06. The van der Waals surface area contributed by atoms with Crippen molar-refractivity contribution >= 4 is 5.97 Å². The fourth-order valence-corrected chi connectivity index (χ4v) is 1.32. The van der Waals surface area contributed by atoms with Crippen molar-refractivity contribution in [2.75, 3.05) is 13.7 Å². The molecular formula is C11H14O3. The van der Waals surface area contributed by atoms with Gasteiger partial charge < -0.3 is 9.84 Å². The van der Waals surface area contributed by atoms with Gasteiger partial charge in [0.2, 0.25) is 0 Å². The van der Waals surface area contributed by atoms with Gasteiger partial charge in [-0.1, -0.05) is 24.3 Å². The molecule has 76 valence electrons. The van der Waals surface area contributed by atoms with Crippen molar-refractivity contribution in [1.82, 2.24) is 0 Å². The first-order chi connectivity index (χ1) is 6.77. The number of carbonyl (C=O) groups excluding carboxylic acids is 1. The third kappa shape index (κ3) is 2.85. The van der Waals surface area contributed by atoms with Gasteiger partial charge in [0.05, 0.1) is 13.5 Å². The zero-order chi connectivity index (χ0) is 10.4. The summed E-state index contributed by atoms with van der Waals surface area (Å²) in [4.78, 5) is 11.1. The Balaban J connectivity index is 2.78. The molecule has 0 aliphatic rings. The highest BCUT2D eigenvalue weighted by Crippen LogP contribution is 2.10. The minimum absolute atomic E-state index is 0.0954. The number of rotatable bonds is 4. The van der Waals surface area contributed by atoms with Crippen LogP contribution in [0.2, 0.25) is 0 Å². The lowest BCUT2D eigenvalue weighted by atomic mass is 10.0. The van der Waals surface area contributed by atoms with Crippen LogP contribution in [0.25, 0.3) is 0 Å². The van der Waals surface area contributed by atoms with E-state index in [1.807, 2.05) is 24.3 Å². The van der Waals surface area contributed by atoms with Crippen LogP contribution in [0.4, 0.5) is 0 Å². The Morgan fingerprint density at radius 2 is 2.00 bits per heavy atom. The molecule has 3 nitrogen and oxygen atoms in total. The van der Waals surface area contributed by atoms with Crippen molar-refractivity contribution < 1.29 is 14.6 Å². The fraction of sp³-hybridized carbons (Fsp3) is 0.364. The lowest BCUT2D eigenvalue weighted by molar-refractivity contribution is -0.139. The van der Waals surface area contributed by atoms with Gasteiger partial charge in [0.25, 0.3) is 0 Å². The third-order valence-electron chi connectivity index (χ3n) is 2.06. The van der Waals surface area contributed by atoms with Crippen molar-refractivity contribution in [3.8, 4) is 0 Å². The normalized spacial score (nSPS) is 9.86. The van der Waals surface area contributed by atoms with Crippen molar-refractivity contribution in [1.29, 1.82) is 0 Å². The van der Waals surface area contributed by atoms with Gasteiger partial charge in [-0.3, -0.25) is 4.79 Å². The number of methoxy groups -OCH3 is 1. The van der Waals surface area contributed by atoms with Crippen LogP contribution in [0.1, 0.15) is 11.1 Å². The molecule has 0 radical (unpaired) electrons. The summed E-state index contributed by atoms with van der Waals surface area (Å²) in [5.74, 6) is -0.254. The summed E-state index contributed by atoms with van der Waals surface area (Å²) in [5.41, 5.74) is 1.92. The highest BCUT2D eigenvalue weighted by Gasteiger charge is 2.06. The second-order valence-electron chi connectivity index (χ2n) is 3.00. The molecule has 0 bridgehead atoms. The number of ether oxygens (including phenoxy) is 1. The van der Waals surface area contributed by atoms with Crippen molar-refractivity contribution in [3.05, 3.63) is 35.4 Å². The van der Waals surface area contributed by atoms with Crippen LogP contribution in [-0.4, -0.2) is 24.8 Å². The number of aliphatic hydroxyl groups is 1.